The predicted molar refractivity (Wildman–Crippen MR) is 78.4 cm³/mol. The van der Waals surface area contributed by atoms with Crippen LogP contribution in [0.3, 0.4) is 0 Å². The summed E-state index contributed by atoms with van der Waals surface area (Å²) in [6, 6.07) is 2.01. The van der Waals surface area contributed by atoms with Gasteiger partial charge in [0.25, 0.3) is 0 Å². The highest BCUT2D eigenvalue weighted by Gasteiger charge is 2.29. The molecule has 2 atom stereocenters. The Labute approximate surface area is 119 Å². The molecule has 3 nitrogen and oxygen atoms in total. The molecule has 0 aromatic carbocycles. The fraction of sp³-hybridized carbons (Fsp3) is 0.600. The molecule has 2 aromatic heterocycles. The van der Waals surface area contributed by atoms with Crippen LogP contribution >= 0.6 is 11.6 Å². The first-order valence-electron chi connectivity index (χ1n) is 7.03. The average molecular weight is 278 g/mol. The van der Waals surface area contributed by atoms with Crippen LogP contribution in [0.15, 0.2) is 12.3 Å². The lowest BCUT2D eigenvalue weighted by molar-refractivity contribution is 0.427. The normalized spacial score (nSPS) is 18.7. The van der Waals surface area contributed by atoms with Crippen LogP contribution < -0.4 is 0 Å². The maximum absolute atomic E-state index is 6.30. The number of aromatic nitrogens is 3. The van der Waals surface area contributed by atoms with Crippen LogP contribution in [0, 0.1) is 18.8 Å². The van der Waals surface area contributed by atoms with Gasteiger partial charge in [-0.15, -0.1) is 11.6 Å². The smallest absolute Gasteiger partial charge is 0.160 e. The van der Waals surface area contributed by atoms with E-state index in [2.05, 4.69) is 23.4 Å². The van der Waals surface area contributed by atoms with E-state index >= 15 is 0 Å². The van der Waals surface area contributed by atoms with Gasteiger partial charge < -0.3 is 4.57 Å². The second-order valence-electron chi connectivity index (χ2n) is 5.81. The van der Waals surface area contributed by atoms with Gasteiger partial charge in [0.15, 0.2) is 5.65 Å². The van der Waals surface area contributed by atoms with Crippen LogP contribution in [0.4, 0.5) is 0 Å². The summed E-state index contributed by atoms with van der Waals surface area (Å²) in [5, 5.41) is -0.0833. The van der Waals surface area contributed by atoms with Gasteiger partial charge in [-0.25, -0.2) is 9.97 Å². The molecule has 0 aliphatic heterocycles. The minimum atomic E-state index is -0.0833. The van der Waals surface area contributed by atoms with Crippen LogP contribution in [0.2, 0.25) is 0 Å². The van der Waals surface area contributed by atoms with Crippen LogP contribution in [0.25, 0.3) is 11.2 Å². The van der Waals surface area contributed by atoms with Gasteiger partial charge in [0.05, 0.1) is 5.38 Å². The summed E-state index contributed by atoms with van der Waals surface area (Å²) in [6.07, 6.45) is 4.60. The molecule has 3 rings (SSSR count). The van der Waals surface area contributed by atoms with E-state index in [4.69, 9.17) is 16.6 Å². The van der Waals surface area contributed by atoms with Gasteiger partial charge in [-0.05, 0) is 50.2 Å². The number of imidazole rings is 1. The summed E-state index contributed by atoms with van der Waals surface area (Å²) < 4.78 is 2.23. The van der Waals surface area contributed by atoms with Crippen molar-refractivity contribution in [2.45, 2.75) is 45.5 Å². The van der Waals surface area contributed by atoms with Crippen molar-refractivity contribution in [3.8, 4) is 0 Å². The van der Waals surface area contributed by atoms with E-state index in [1.807, 2.05) is 19.2 Å². The molecule has 2 aromatic rings. The van der Waals surface area contributed by atoms with E-state index in [1.165, 1.54) is 18.4 Å². The van der Waals surface area contributed by atoms with E-state index in [0.717, 1.165) is 29.5 Å². The summed E-state index contributed by atoms with van der Waals surface area (Å²) in [6.45, 7) is 7.36. The molecular formula is C15H20ClN3. The van der Waals surface area contributed by atoms with Gasteiger partial charge in [-0.1, -0.05) is 6.92 Å². The van der Waals surface area contributed by atoms with Crippen molar-refractivity contribution in [1.82, 2.24) is 14.5 Å². The number of aryl methyl sites for hydroxylation is 1. The Balaban J connectivity index is 2.08. The standard InChI is InChI=1S/C15H20ClN3/c1-9-6-7-17-15-13(9)18-14(11(3)16)19(15)8-10(2)12-4-5-12/h6-7,10-12H,4-5,8H2,1-3H3. The molecule has 0 N–H and O–H groups in total. The van der Waals surface area contributed by atoms with E-state index in [0.29, 0.717) is 5.92 Å². The van der Waals surface area contributed by atoms with Gasteiger partial charge in [0, 0.05) is 12.7 Å². The molecule has 0 saturated heterocycles. The van der Waals surface area contributed by atoms with Gasteiger partial charge in [-0.2, -0.15) is 0 Å². The number of nitrogens with zero attached hydrogens (tertiary/aromatic N) is 3. The molecule has 1 aliphatic carbocycles. The number of hydrogen-bond donors (Lipinski definition) is 0. The average Bonchev–Trinajstić information content (AvgIpc) is 3.14. The maximum atomic E-state index is 6.30. The van der Waals surface area contributed by atoms with Crippen molar-refractivity contribution >= 4 is 22.8 Å². The predicted octanol–water partition coefficient (Wildman–Crippen LogP) is 4.09. The number of alkyl halides is 1. The minimum absolute atomic E-state index is 0.0833. The Morgan fingerprint density at radius 1 is 1.42 bits per heavy atom. The summed E-state index contributed by atoms with van der Waals surface area (Å²) in [5.74, 6) is 2.50. The lowest BCUT2D eigenvalue weighted by Gasteiger charge is -2.15. The highest BCUT2D eigenvalue weighted by atomic mass is 35.5. The molecule has 19 heavy (non-hydrogen) atoms. The first-order valence-corrected chi connectivity index (χ1v) is 7.47. The zero-order valence-corrected chi connectivity index (χ0v) is 12.5. The third-order valence-corrected chi connectivity index (χ3v) is 4.31. The summed E-state index contributed by atoms with van der Waals surface area (Å²) >= 11 is 6.30. The van der Waals surface area contributed by atoms with Crippen molar-refractivity contribution in [3.05, 3.63) is 23.7 Å². The molecule has 0 amide bonds. The molecule has 0 radical (unpaired) electrons. The Kier molecular flexibility index (Phi) is 3.25. The van der Waals surface area contributed by atoms with E-state index in [9.17, 15) is 0 Å². The molecule has 1 aliphatic rings. The molecule has 0 bridgehead atoms. The first kappa shape index (κ1) is 12.9. The second-order valence-corrected chi connectivity index (χ2v) is 6.47. The Morgan fingerprint density at radius 2 is 2.16 bits per heavy atom. The number of rotatable bonds is 4. The molecule has 1 saturated carbocycles. The van der Waals surface area contributed by atoms with Gasteiger partial charge in [0.2, 0.25) is 0 Å². The summed E-state index contributed by atoms with van der Waals surface area (Å²) in [4.78, 5) is 9.23. The largest absolute Gasteiger partial charge is 0.311 e. The highest BCUT2D eigenvalue weighted by Crippen LogP contribution is 2.38. The quantitative estimate of drug-likeness (QED) is 0.788. The van der Waals surface area contributed by atoms with Crippen molar-refractivity contribution in [1.29, 1.82) is 0 Å². The van der Waals surface area contributed by atoms with Crippen molar-refractivity contribution in [3.63, 3.8) is 0 Å². The molecule has 0 spiro atoms. The number of hydrogen-bond acceptors (Lipinski definition) is 2. The summed E-state index contributed by atoms with van der Waals surface area (Å²) in [5.41, 5.74) is 3.14. The molecule has 2 heterocycles. The first-order chi connectivity index (χ1) is 9.08. The fourth-order valence-corrected chi connectivity index (χ4v) is 2.91. The zero-order valence-electron chi connectivity index (χ0n) is 11.7. The second kappa shape index (κ2) is 4.78. The molecule has 2 unspecified atom stereocenters. The van der Waals surface area contributed by atoms with Crippen LogP contribution in [-0.4, -0.2) is 14.5 Å². The van der Waals surface area contributed by atoms with Gasteiger partial charge in [0.1, 0.15) is 11.3 Å². The number of halogens is 1. The van der Waals surface area contributed by atoms with Gasteiger partial charge >= 0.3 is 0 Å². The van der Waals surface area contributed by atoms with Crippen LogP contribution in [0.1, 0.15) is 43.5 Å². The molecule has 1 fully saturated rings. The van der Waals surface area contributed by atoms with E-state index in [1.54, 1.807) is 0 Å². The van der Waals surface area contributed by atoms with Crippen molar-refractivity contribution in [2.75, 3.05) is 0 Å². The zero-order chi connectivity index (χ0) is 13.6. The number of fused-ring (bicyclic) bond motifs is 1. The van der Waals surface area contributed by atoms with Gasteiger partial charge in [-0.3, -0.25) is 0 Å². The Morgan fingerprint density at radius 3 is 2.79 bits per heavy atom. The summed E-state index contributed by atoms with van der Waals surface area (Å²) in [7, 11) is 0. The molecule has 4 heteroatoms. The SMILES string of the molecule is Cc1ccnc2c1nc(C(C)Cl)n2CC(C)C1CC1. The molecular weight excluding hydrogens is 258 g/mol. The topological polar surface area (TPSA) is 30.7 Å². The van der Waals surface area contributed by atoms with Crippen LogP contribution in [-0.2, 0) is 6.54 Å². The minimum Gasteiger partial charge on any atom is -0.311 e. The lowest BCUT2D eigenvalue weighted by Crippen LogP contribution is -2.13. The highest BCUT2D eigenvalue weighted by molar-refractivity contribution is 6.20. The Hall–Kier alpha value is -1.09. The maximum Gasteiger partial charge on any atom is 0.160 e. The number of pyridine rings is 1. The molecule has 102 valence electrons. The van der Waals surface area contributed by atoms with Crippen molar-refractivity contribution in [2.24, 2.45) is 11.8 Å². The van der Waals surface area contributed by atoms with Crippen LogP contribution in [0.5, 0.6) is 0 Å². The van der Waals surface area contributed by atoms with E-state index in [-0.39, 0.29) is 5.38 Å². The van der Waals surface area contributed by atoms with E-state index < -0.39 is 0 Å². The Bertz CT molecular complexity index is 599. The monoisotopic (exact) mass is 277 g/mol. The fourth-order valence-electron chi connectivity index (χ4n) is 2.74. The lowest BCUT2D eigenvalue weighted by atomic mass is 10.1. The van der Waals surface area contributed by atoms with Crippen molar-refractivity contribution < 1.29 is 0 Å². The third kappa shape index (κ3) is 2.36. The third-order valence-electron chi connectivity index (χ3n) is 4.12.